The summed E-state index contributed by atoms with van der Waals surface area (Å²) < 4.78 is 6.28. The lowest BCUT2D eigenvalue weighted by Gasteiger charge is -2.22. The Hall–Kier alpha value is -2.81. The molecular weight excluding hydrogens is 414 g/mol. The Morgan fingerprint density at radius 1 is 0.719 bits per heavy atom. The monoisotopic (exact) mass is 441 g/mol. The number of hydrogen-bond donors (Lipinski definition) is 0. The molecule has 1 unspecified atom stereocenters. The van der Waals surface area contributed by atoms with Crippen LogP contribution in [0.25, 0.3) is 10.8 Å². The van der Waals surface area contributed by atoms with Crippen molar-refractivity contribution in [3.05, 3.63) is 113 Å². The first-order valence-corrected chi connectivity index (χ1v) is 11.8. The van der Waals surface area contributed by atoms with Crippen molar-refractivity contribution in [2.24, 2.45) is 0 Å². The van der Waals surface area contributed by atoms with Gasteiger partial charge in [-0.05, 0) is 66.2 Å². The highest BCUT2D eigenvalue weighted by molar-refractivity contribution is 6.30. The molecule has 1 saturated heterocycles. The zero-order valence-electron chi connectivity index (χ0n) is 18.2. The van der Waals surface area contributed by atoms with Crippen LogP contribution in [0.2, 0.25) is 5.02 Å². The summed E-state index contributed by atoms with van der Waals surface area (Å²) in [5.74, 6) is 1.09. The van der Waals surface area contributed by atoms with E-state index in [1.54, 1.807) is 0 Å². The van der Waals surface area contributed by atoms with Crippen LogP contribution in [0.1, 0.15) is 35.4 Å². The highest BCUT2D eigenvalue weighted by Gasteiger charge is 2.20. The summed E-state index contributed by atoms with van der Waals surface area (Å²) in [6.45, 7) is 4.11. The maximum Gasteiger partial charge on any atom is 0.127 e. The van der Waals surface area contributed by atoms with Gasteiger partial charge in [-0.1, -0.05) is 84.4 Å². The zero-order chi connectivity index (χ0) is 21.8. The standard InChI is InChI=1S/C29H28ClNO/c30-24-14-12-23(13-15-24)29(22-8-2-1-3-9-22)27-16-17-28(26-11-5-4-10-25(26)27)32-21-20-31-18-6-7-19-31/h1-5,8-17,29H,6-7,18-21H2. The molecule has 1 heterocycles. The topological polar surface area (TPSA) is 12.5 Å². The number of hydrogen-bond acceptors (Lipinski definition) is 2. The highest BCUT2D eigenvalue weighted by atomic mass is 35.5. The van der Waals surface area contributed by atoms with Crippen LogP contribution in [-0.2, 0) is 0 Å². The molecule has 5 rings (SSSR count). The van der Waals surface area contributed by atoms with Gasteiger partial charge in [0.15, 0.2) is 0 Å². The quantitative estimate of drug-likeness (QED) is 0.282. The second-order valence-electron chi connectivity index (χ2n) is 8.49. The third kappa shape index (κ3) is 4.53. The molecule has 1 atom stereocenters. The van der Waals surface area contributed by atoms with E-state index in [1.165, 1.54) is 53.4 Å². The molecule has 1 aliphatic heterocycles. The fourth-order valence-electron chi connectivity index (χ4n) is 4.82. The predicted molar refractivity (Wildman–Crippen MR) is 134 cm³/mol. The lowest BCUT2D eigenvalue weighted by molar-refractivity contribution is 0.239. The fourth-order valence-corrected chi connectivity index (χ4v) is 4.94. The normalized spacial score (nSPS) is 15.2. The molecule has 0 N–H and O–H groups in total. The number of nitrogens with zero attached hydrogens (tertiary/aromatic N) is 1. The van der Waals surface area contributed by atoms with Gasteiger partial charge in [0, 0.05) is 22.9 Å². The van der Waals surface area contributed by atoms with Crippen molar-refractivity contribution in [2.75, 3.05) is 26.2 Å². The molecule has 0 saturated carbocycles. The van der Waals surface area contributed by atoms with Gasteiger partial charge in [0.2, 0.25) is 0 Å². The summed E-state index contributed by atoms with van der Waals surface area (Å²) in [6.07, 6.45) is 2.62. The van der Waals surface area contributed by atoms with Crippen molar-refractivity contribution in [1.29, 1.82) is 0 Å². The molecular formula is C29H28ClNO. The Morgan fingerprint density at radius 3 is 2.12 bits per heavy atom. The van der Waals surface area contributed by atoms with Gasteiger partial charge in [-0.25, -0.2) is 0 Å². The average molecular weight is 442 g/mol. The highest BCUT2D eigenvalue weighted by Crippen LogP contribution is 2.39. The van der Waals surface area contributed by atoms with E-state index < -0.39 is 0 Å². The molecule has 1 aliphatic rings. The number of likely N-dealkylation sites (tertiary alicyclic amines) is 1. The van der Waals surface area contributed by atoms with E-state index in [0.717, 1.165) is 23.9 Å². The molecule has 4 aromatic carbocycles. The summed E-state index contributed by atoms with van der Waals surface area (Å²) in [4.78, 5) is 2.49. The molecule has 0 aromatic heterocycles. The van der Waals surface area contributed by atoms with Crippen LogP contribution in [0.4, 0.5) is 0 Å². The molecule has 0 radical (unpaired) electrons. The molecule has 0 amide bonds. The van der Waals surface area contributed by atoms with Gasteiger partial charge in [-0.15, -0.1) is 0 Å². The first-order valence-electron chi connectivity index (χ1n) is 11.5. The molecule has 3 heteroatoms. The lowest BCUT2D eigenvalue weighted by Crippen LogP contribution is -2.25. The van der Waals surface area contributed by atoms with Gasteiger partial charge in [-0.3, -0.25) is 4.90 Å². The number of fused-ring (bicyclic) bond motifs is 1. The second-order valence-corrected chi connectivity index (χ2v) is 8.93. The van der Waals surface area contributed by atoms with Gasteiger partial charge in [0.25, 0.3) is 0 Å². The minimum atomic E-state index is 0.122. The van der Waals surface area contributed by atoms with Gasteiger partial charge in [0.1, 0.15) is 12.4 Å². The number of ether oxygens (including phenoxy) is 1. The van der Waals surface area contributed by atoms with E-state index >= 15 is 0 Å². The molecule has 0 bridgehead atoms. The van der Waals surface area contributed by atoms with Crippen molar-refractivity contribution >= 4 is 22.4 Å². The minimum absolute atomic E-state index is 0.122. The van der Waals surface area contributed by atoms with E-state index in [1.807, 2.05) is 12.1 Å². The maximum absolute atomic E-state index is 6.28. The molecule has 4 aromatic rings. The number of halogens is 1. The fraction of sp³-hybridized carbons (Fsp3) is 0.241. The second kappa shape index (κ2) is 9.77. The largest absolute Gasteiger partial charge is 0.492 e. The summed E-state index contributed by atoms with van der Waals surface area (Å²) in [5.41, 5.74) is 3.78. The average Bonchev–Trinajstić information content (AvgIpc) is 3.36. The molecule has 2 nitrogen and oxygen atoms in total. The van der Waals surface area contributed by atoms with Crippen LogP contribution in [0, 0.1) is 0 Å². The maximum atomic E-state index is 6.28. The first kappa shape index (κ1) is 21.1. The smallest absolute Gasteiger partial charge is 0.127 e. The van der Waals surface area contributed by atoms with E-state index in [4.69, 9.17) is 16.3 Å². The van der Waals surface area contributed by atoms with Crippen molar-refractivity contribution in [2.45, 2.75) is 18.8 Å². The van der Waals surface area contributed by atoms with E-state index in [9.17, 15) is 0 Å². The third-order valence-corrected chi connectivity index (χ3v) is 6.68. The number of rotatable bonds is 7. The molecule has 1 fully saturated rings. The van der Waals surface area contributed by atoms with E-state index in [2.05, 4.69) is 83.8 Å². The van der Waals surface area contributed by atoms with Gasteiger partial charge < -0.3 is 4.74 Å². The Balaban J connectivity index is 1.53. The predicted octanol–water partition coefficient (Wildman–Crippen LogP) is 7.15. The van der Waals surface area contributed by atoms with Crippen LogP contribution in [0.3, 0.4) is 0 Å². The third-order valence-electron chi connectivity index (χ3n) is 6.43. The van der Waals surface area contributed by atoms with Crippen molar-refractivity contribution in [1.82, 2.24) is 4.90 Å². The van der Waals surface area contributed by atoms with Crippen LogP contribution in [0.15, 0.2) is 91.0 Å². The molecule has 162 valence electrons. The SMILES string of the molecule is Clc1ccc(C(c2ccccc2)c2ccc(OCCN3CCCC3)c3ccccc23)cc1. The first-order chi connectivity index (χ1) is 15.8. The summed E-state index contributed by atoms with van der Waals surface area (Å²) in [7, 11) is 0. The Labute approximate surface area is 195 Å². The van der Waals surface area contributed by atoms with Crippen molar-refractivity contribution in [3.63, 3.8) is 0 Å². The van der Waals surface area contributed by atoms with Crippen LogP contribution >= 0.6 is 11.6 Å². The van der Waals surface area contributed by atoms with E-state index in [0.29, 0.717) is 0 Å². The van der Waals surface area contributed by atoms with E-state index in [-0.39, 0.29) is 5.92 Å². The molecule has 0 spiro atoms. The van der Waals surface area contributed by atoms with Gasteiger partial charge in [-0.2, -0.15) is 0 Å². The number of benzene rings is 4. The van der Waals surface area contributed by atoms with Crippen LogP contribution in [-0.4, -0.2) is 31.1 Å². The Bertz CT molecular complexity index is 1170. The van der Waals surface area contributed by atoms with Gasteiger partial charge in [0.05, 0.1) is 0 Å². The zero-order valence-corrected chi connectivity index (χ0v) is 19.0. The lowest BCUT2D eigenvalue weighted by atomic mass is 9.83. The van der Waals surface area contributed by atoms with Crippen molar-refractivity contribution in [3.8, 4) is 5.75 Å². The molecule has 32 heavy (non-hydrogen) atoms. The van der Waals surface area contributed by atoms with Crippen LogP contribution < -0.4 is 4.74 Å². The Morgan fingerprint density at radius 2 is 1.38 bits per heavy atom. The summed E-state index contributed by atoms with van der Waals surface area (Å²) in [5, 5.41) is 3.16. The van der Waals surface area contributed by atoms with Gasteiger partial charge >= 0.3 is 0 Å². The molecule has 0 aliphatic carbocycles. The van der Waals surface area contributed by atoms with Crippen molar-refractivity contribution < 1.29 is 4.74 Å². The summed E-state index contributed by atoms with van der Waals surface area (Å²) >= 11 is 6.20. The summed E-state index contributed by atoms with van der Waals surface area (Å²) in [6, 6.07) is 31.9. The van der Waals surface area contributed by atoms with Crippen LogP contribution in [0.5, 0.6) is 5.75 Å². The minimum Gasteiger partial charge on any atom is -0.492 e. The Kier molecular flexibility index (Phi) is 6.43.